The van der Waals surface area contributed by atoms with Crippen molar-refractivity contribution in [2.24, 2.45) is 5.92 Å². The Labute approximate surface area is 170 Å². The third-order valence-electron chi connectivity index (χ3n) is 6.23. The molecule has 29 heavy (non-hydrogen) atoms. The first-order chi connectivity index (χ1) is 14.1. The zero-order valence-electron chi connectivity index (χ0n) is 16.5. The minimum Gasteiger partial charge on any atom is -0.486 e. The van der Waals surface area contributed by atoms with Crippen molar-refractivity contribution in [3.8, 4) is 11.5 Å². The Morgan fingerprint density at radius 3 is 2.76 bits per heavy atom. The van der Waals surface area contributed by atoms with E-state index in [4.69, 9.17) is 9.47 Å². The average Bonchev–Trinajstić information content (AvgIpc) is 3.36. The van der Waals surface area contributed by atoms with Crippen molar-refractivity contribution in [3.05, 3.63) is 53.6 Å². The van der Waals surface area contributed by atoms with Gasteiger partial charge in [0.25, 0.3) is 0 Å². The molecule has 0 bridgehead atoms. The lowest BCUT2D eigenvalue weighted by Crippen LogP contribution is -2.36. The molecule has 2 unspecified atom stereocenters. The molecule has 2 amide bonds. The minimum absolute atomic E-state index is 0.0275. The number of nitrogens with zero attached hydrogens (tertiary/aromatic N) is 2. The van der Waals surface area contributed by atoms with Gasteiger partial charge in [0.2, 0.25) is 11.8 Å². The number of anilines is 1. The maximum atomic E-state index is 13.2. The van der Waals surface area contributed by atoms with Crippen molar-refractivity contribution in [2.45, 2.75) is 25.3 Å². The van der Waals surface area contributed by atoms with E-state index in [-0.39, 0.29) is 30.2 Å². The van der Waals surface area contributed by atoms with Crippen molar-refractivity contribution in [3.63, 3.8) is 0 Å². The summed E-state index contributed by atoms with van der Waals surface area (Å²) < 4.78 is 11.2. The summed E-state index contributed by atoms with van der Waals surface area (Å²) in [5.41, 5.74) is 3.30. The number of benzene rings is 2. The number of aryl methyl sites for hydroxylation is 1. The summed E-state index contributed by atoms with van der Waals surface area (Å²) >= 11 is 0. The van der Waals surface area contributed by atoms with Crippen molar-refractivity contribution in [2.75, 3.05) is 31.7 Å². The fraction of sp³-hybridized carbons (Fsp3) is 0.391. The van der Waals surface area contributed by atoms with Crippen LogP contribution in [0, 0.1) is 5.92 Å². The fourth-order valence-electron chi connectivity index (χ4n) is 4.70. The molecule has 0 N–H and O–H groups in total. The highest BCUT2D eigenvalue weighted by Gasteiger charge is 2.39. The molecule has 6 heteroatoms. The van der Waals surface area contributed by atoms with Gasteiger partial charge in [-0.25, -0.2) is 0 Å². The van der Waals surface area contributed by atoms with Crippen LogP contribution < -0.4 is 14.4 Å². The molecule has 5 rings (SSSR count). The Morgan fingerprint density at radius 1 is 1.10 bits per heavy atom. The van der Waals surface area contributed by atoms with E-state index in [9.17, 15) is 9.59 Å². The molecule has 0 spiro atoms. The molecule has 2 heterocycles. The lowest BCUT2D eigenvalue weighted by molar-refractivity contribution is -0.136. The summed E-state index contributed by atoms with van der Waals surface area (Å²) in [5, 5.41) is 0. The second kappa shape index (κ2) is 7.10. The Morgan fingerprint density at radius 2 is 1.90 bits per heavy atom. The van der Waals surface area contributed by atoms with Crippen LogP contribution in [0.15, 0.2) is 42.5 Å². The monoisotopic (exact) mass is 392 g/mol. The first-order valence-corrected chi connectivity index (χ1v) is 10.2. The maximum absolute atomic E-state index is 13.2. The zero-order valence-corrected chi connectivity index (χ0v) is 16.5. The van der Waals surface area contributed by atoms with Gasteiger partial charge < -0.3 is 19.3 Å². The first kappa shape index (κ1) is 18.0. The second-order valence-electron chi connectivity index (χ2n) is 7.94. The largest absolute Gasteiger partial charge is 0.486 e. The smallest absolute Gasteiger partial charge is 0.228 e. The number of fused-ring (bicyclic) bond motifs is 2. The molecular weight excluding hydrogens is 368 g/mol. The summed E-state index contributed by atoms with van der Waals surface area (Å²) in [7, 11) is 1.87. The quantitative estimate of drug-likeness (QED) is 0.806. The van der Waals surface area contributed by atoms with Crippen molar-refractivity contribution < 1.29 is 19.1 Å². The van der Waals surface area contributed by atoms with Crippen LogP contribution in [0.1, 0.15) is 30.0 Å². The van der Waals surface area contributed by atoms with E-state index in [2.05, 4.69) is 12.1 Å². The molecule has 150 valence electrons. The molecule has 2 aromatic carbocycles. The summed E-state index contributed by atoms with van der Waals surface area (Å²) in [6, 6.07) is 13.9. The molecule has 1 fully saturated rings. The second-order valence-corrected chi connectivity index (χ2v) is 7.94. The van der Waals surface area contributed by atoms with Gasteiger partial charge in [-0.1, -0.05) is 24.3 Å². The summed E-state index contributed by atoms with van der Waals surface area (Å²) in [5.74, 6) is 1.03. The van der Waals surface area contributed by atoms with Crippen LogP contribution in [0.4, 0.5) is 5.69 Å². The molecule has 2 atom stereocenters. The van der Waals surface area contributed by atoms with Crippen LogP contribution in [0.25, 0.3) is 0 Å². The van der Waals surface area contributed by atoms with Crippen molar-refractivity contribution in [1.29, 1.82) is 0 Å². The molecule has 1 saturated heterocycles. The molecule has 2 aliphatic heterocycles. The van der Waals surface area contributed by atoms with E-state index < -0.39 is 0 Å². The van der Waals surface area contributed by atoms with Crippen molar-refractivity contribution in [1.82, 2.24) is 4.90 Å². The van der Waals surface area contributed by atoms with Gasteiger partial charge in [0, 0.05) is 31.8 Å². The predicted molar refractivity (Wildman–Crippen MR) is 108 cm³/mol. The van der Waals surface area contributed by atoms with Gasteiger partial charge in [-0.3, -0.25) is 9.59 Å². The van der Waals surface area contributed by atoms with E-state index in [1.54, 1.807) is 4.90 Å². The van der Waals surface area contributed by atoms with Gasteiger partial charge >= 0.3 is 0 Å². The van der Waals surface area contributed by atoms with Crippen LogP contribution in [-0.4, -0.2) is 43.5 Å². The molecular formula is C23H24N2O4. The standard InChI is InChI=1S/C23H24N2O4/c1-24(19-8-6-15-4-2-3-5-18(15)19)23(27)16-12-22(26)25(14-16)17-7-9-20-21(13-17)29-11-10-28-20/h2-5,7,9,13,16,19H,6,8,10-12,14H2,1H3. The number of amides is 2. The number of rotatable bonds is 3. The highest BCUT2D eigenvalue weighted by molar-refractivity contribution is 6.00. The van der Waals surface area contributed by atoms with Crippen LogP contribution >= 0.6 is 0 Å². The Balaban J connectivity index is 1.32. The van der Waals surface area contributed by atoms with E-state index >= 15 is 0 Å². The molecule has 3 aliphatic rings. The van der Waals surface area contributed by atoms with E-state index in [1.165, 1.54) is 11.1 Å². The summed E-state index contributed by atoms with van der Waals surface area (Å²) in [6.45, 7) is 1.43. The highest BCUT2D eigenvalue weighted by atomic mass is 16.6. The molecule has 6 nitrogen and oxygen atoms in total. The summed E-state index contributed by atoms with van der Waals surface area (Å²) in [4.78, 5) is 29.4. The van der Waals surface area contributed by atoms with E-state index in [0.29, 0.717) is 31.3 Å². The lowest BCUT2D eigenvalue weighted by atomic mass is 10.0. The normalized spacial score (nSPS) is 22.5. The SMILES string of the molecule is CN(C(=O)C1CC(=O)N(c2ccc3c(c2)OCCO3)C1)C1CCc2ccccc21. The van der Waals surface area contributed by atoms with Crippen LogP contribution in [0.5, 0.6) is 11.5 Å². The van der Waals surface area contributed by atoms with E-state index in [0.717, 1.165) is 18.5 Å². The van der Waals surface area contributed by atoms with Gasteiger partial charge in [-0.05, 0) is 36.1 Å². The third kappa shape index (κ3) is 3.12. The van der Waals surface area contributed by atoms with Crippen LogP contribution in [0.3, 0.4) is 0 Å². The number of hydrogen-bond acceptors (Lipinski definition) is 4. The molecule has 2 aromatic rings. The average molecular weight is 392 g/mol. The molecule has 0 radical (unpaired) electrons. The van der Waals surface area contributed by atoms with Gasteiger partial charge in [-0.2, -0.15) is 0 Å². The number of ether oxygens (including phenoxy) is 2. The zero-order chi connectivity index (χ0) is 20.0. The fourth-order valence-corrected chi connectivity index (χ4v) is 4.70. The summed E-state index contributed by atoms with van der Waals surface area (Å²) in [6.07, 6.45) is 2.17. The first-order valence-electron chi connectivity index (χ1n) is 10.2. The van der Waals surface area contributed by atoms with Gasteiger partial charge in [0.1, 0.15) is 13.2 Å². The third-order valence-corrected chi connectivity index (χ3v) is 6.23. The minimum atomic E-state index is -0.325. The lowest BCUT2D eigenvalue weighted by Gasteiger charge is -2.28. The molecule has 1 aliphatic carbocycles. The number of carbonyl (C=O) groups excluding carboxylic acids is 2. The van der Waals surface area contributed by atoms with Crippen molar-refractivity contribution >= 4 is 17.5 Å². The Kier molecular flexibility index (Phi) is 4.42. The number of hydrogen-bond donors (Lipinski definition) is 0. The topological polar surface area (TPSA) is 59.1 Å². The van der Waals surface area contributed by atoms with Gasteiger partial charge in [0.15, 0.2) is 11.5 Å². The molecule has 0 aromatic heterocycles. The maximum Gasteiger partial charge on any atom is 0.228 e. The Bertz CT molecular complexity index is 973. The van der Waals surface area contributed by atoms with E-state index in [1.807, 2.05) is 42.3 Å². The Hall–Kier alpha value is -3.02. The molecule has 0 saturated carbocycles. The van der Waals surface area contributed by atoms with Crippen LogP contribution in [0.2, 0.25) is 0 Å². The number of carbonyl (C=O) groups is 2. The predicted octanol–water partition coefficient (Wildman–Crippen LogP) is 2.96. The van der Waals surface area contributed by atoms with Gasteiger partial charge in [0.05, 0.1) is 12.0 Å². The highest BCUT2D eigenvalue weighted by Crippen LogP contribution is 2.38. The van der Waals surface area contributed by atoms with Crippen LogP contribution in [-0.2, 0) is 16.0 Å². The van der Waals surface area contributed by atoms with Gasteiger partial charge in [-0.15, -0.1) is 0 Å².